The molecule has 19 heteroatoms. The maximum Gasteiger partial charge on any atom is 0.220 e. The topological polar surface area (TPSA) is 307 Å². The van der Waals surface area contributed by atoms with Crippen molar-refractivity contribution in [3.63, 3.8) is 0 Å². The van der Waals surface area contributed by atoms with Gasteiger partial charge in [-0.2, -0.15) is 0 Å². The van der Waals surface area contributed by atoms with E-state index in [1.54, 1.807) is 6.92 Å². The number of hydrogen-bond donors (Lipinski definition) is 12. The highest BCUT2D eigenvalue weighted by Crippen LogP contribution is 2.33. The monoisotopic (exact) mass is 872 g/mol. The Morgan fingerprint density at radius 3 is 1.38 bits per heavy atom. The van der Waals surface area contributed by atoms with E-state index in [1.807, 2.05) is 0 Å². The molecule has 0 radical (unpaired) electrons. The van der Waals surface area contributed by atoms with Crippen LogP contribution in [0, 0.1) is 0 Å². The molecule has 3 heterocycles. The maximum atomic E-state index is 12.3. The van der Waals surface area contributed by atoms with Crippen LogP contribution in [0.25, 0.3) is 0 Å². The van der Waals surface area contributed by atoms with Crippen LogP contribution in [0.4, 0.5) is 0 Å². The third kappa shape index (κ3) is 16.1. The van der Waals surface area contributed by atoms with Gasteiger partial charge in [-0.3, -0.25) is 4.79 Å². The summed E-state index contributed by atoms with van der Waals surface area (Å²) in [7, 11) is 0. The smallest absolute Gasteiger partial charge is 0.220 e. The molecule has 0 aromatic heterocycles. The Hall–Kier alpha value is -1.21. The summed E-state index contributed by atoms with van der Waals surface area (Å²) in [5.74, 6) is -0.332. The highest BCUT2D eigenvalue weighted by atomic mass is 16.8. The molecule has 3 saturated heterocycles. The van der Waals surface area contributed by atoms with E-state index in [1.165, 1.54) is 70.6 Å². The average molecular weight is 872 g/mol. The van der Waals surface area contributed by atoms with Crippen molar-refractivity contribution >= 4 is 5.91 Å². The summed E-state index contributed by atoms with van der Waals surface area (Å²) in [5.41, 5.74) is 0. The van der Waals surface area contributed by atoms with Crippen molar-refractivity contribution in [3.05, 3.63) is 0 Å². The molecule has 354 valence electrons. The van der Waals surface area contributed by atoms with Gasteiger partial charge in [-0.25, -0.2) is 0 Å². The Morgan fingerprint density at radius 1 is 0.533 bits per heavy atom. The molecule has 12 N–H and O–H groups in total. The van der Waals surface area contributed by atoms with Crippen molar-refractivity contribution in [2.24, 2.45) is 0 Å². The van der Waals surface area contributed by atoms with E-state index in [4.69, 9.17) is 28.4 Å². The number of rotatable bonds is 29. The van der Waals surface area contributed by atoms with Gasteiger partial charge in [0.2, 0.25) is 5.91 Å². The van der Waals surface area contributed by atoms with Gasteiger partial charge in [0, 0.05) is 6.42 Å². The number of ether oxygens (including phenoxy) is 6. The molecule has 0 aromatic rings. The number of hydrogen-bond acceptors (Lipinski definition) is 18. The minimum absolute atomic E-state index is 0.149. The summed E-state index contributed by atoms with van der Waals surface area (Å²) in [6.45, 7) is 1.19. The zero-order valence-electron chi connectivity index (χ0n) is 35.4. The molecule has 19 nitrogen and oxygen atoms in total. The van der Waals surface area contributed by atoms with E-state index in [0.29, 0.717) is 6.42 Å². The van der Waals surface area contributed by atoms with Crippen LogP contribution in [0.15, 0.2) is 0 Å². The lowest BCUT2D eigenvalue weighted by molar-refractivity contribution is -0.379. The van der Waals surface area contributed by atoms with Crippen molar-refractivity contribution in [1.82, 2.24) is 5.32 Å². The summed E-state index contributed by atoms with van der Waals surface area (Å²) < 4.78 is 33.7. The van der Waals surface area contributed by atoms with Crippen LogP contribution in [0.3, 0.4) is 0 Å². The van der Waals surface area contributed by atoms with Crippen molar-refractivity contribution in [2.75, 3.05) is 26.4 Å². The van der Waals surface area contributed by atoms with Gasteiger partial charge in [0.05, 0.1) is 38.6 Å². The van der Waals surface area contributed by atoms with Crippen molar-refractivity contribution in [2.45, 2.75) is 227 Å². The van der Waals surface area contributed by atoms with Gasteiger partial charge in [0.25, 0.3) is 0 Å². The van der Waals surface area contributed by atoms with E-state index in [9.17, 15) is 61.0 Å². The normalized spacial score (nSPS) is 35.9. The molecule has 3 aliphatic heterocycles. The van der Waals surface area contributed by atoms with Crippen molar-refractivity contribution < 1.29 is 89.4 Å². The van der Waals surface area contributed by atoms with Gasteiger partial charge in [-0.05, 0) is 6.42 Å². The van der Waals surface area contributed by atoms with E-state index >= 15 is 0 Å². The van der Waals surface area contributed by atoms with Crippen LogP contribution in [0.1, 0.15) is 123 Å². The fourth-order valence-electron chi connectivity index (χ4n) is 7.86. The SMILES string of the molecule is CCCCCCCCCCCCCCCCCC(O)C(COC1OC(CO)C(OC2OC(CO)C(OC3OC(CO)C(O)C(O)C3O)C(O)C2O)C(O)C1O)NC(=O)CC. The third-order valence-corrected chi connectivity index (χ3v) is 11.7. The second kappa shape index (κ2) is 28.6. The Kier molecular flexibility index (Phi) is 25.3. The highest BCUT2D eigenvalue weighted by Gasteiger charge is 2.53. The molecule has 17 unspecified atom stereocenters. The lowest BCUT2D eigenvalue weighted by Gasteiger charge is -2.48. The molecule has 3 rings (SSSR count). The maximum absolute atomic E-state index is 12.3. The fraction of sp³-hybridized carbons (Fsp3) is 0.976. The molecular formula is C41H77NO18. The summed E-state index contributed by atoms with van der Waals surface area (Å²) in [6, 6.07) is -0.876. The Morgan fingerprint density at radius 2 is 0.933 bits per heavy atom. The minimum Gasteiger partial charge on any atom is -0.394 e. The molecule has 3 fully saturated rings. The lowest BCUT2D eigenvalue weighted by Crippen LogP contribution is -2.66. The second-order valence-electron chi connectivity index (χ2n) is 16.5. The summed E-state index contributed by atoms with van der Waals surface area (Å²) in [4.78, 5) is 12.3. The van der Waals surface area contributed by atoms with E-state index < -0.39 is 124 Å². The molecule has 0 aromatic carbocycles. The third-order valence-electron chi connectivity index (χ3n) is 11.7. The fourth-order valence-corrected chi connectivity index (χ4v) is 7.86. The van der Waals surface area contributed by atoms with Gasteiger partial charge in [-0.1, -0.05) is 110 Å². The number of aliphatic hydroxyl groups excluding tert-OH is 11. The first-order valence-electron chi connectivity index (χ1n) is 22.3. The number of carbonyl (C=O) groups excluding carboxylic acids is 1. The highest BCUT2D eigenvalue weighted by molar-refractivity contribution is 5.75. The van der Waals surface area contributed by atoms with Gasteiger partial charge < -0.3 is 89.9 Å². The summed E-state index contributed by atoms with van der Waals surface area (Å²) >= 11 is 0. The first kappa shape index (κ1) is 53.1. The Balaban J connectivity index is 1.47. The Bertz CT molecular complexity index is 1140. The van der Waals surface area contributed by atoms with E-state index in [0.717, 1.165) is 25.7 Å². The quantitative estimate of drug-likeness (QED) is 0.0400. The van der Waals surface area contributed by atoms with E-state index in [2.05, 4.69) is 12.2 Å². The van der Waals surface area contributed by atoms with Crippen LogP contribution >= 0.6 is 0 Å². The average Bonchev–Trinajstić information content (AvgIpc) is 3.25. The first-order chi connectivity index (χ1) is 28.8. The molecule has 3 aliphatic rings. The van der Waals surface area contributed by atoms with Gasteiger partial charge in [-0.15, -0.1) is 0 Å². The molecular weight excluding hydrogens is 794 g/mol. The minimum atomic E-state index is -1.96. The summed E-state index contributed by atoms with van der Waals surface area (Å²) in [6.07, 6.45) is -7.82. The van der Waals surface area contributed by atoms with Crippen molar-refractivity contribution in [3.8, 4) is 0 Å². The molecule has 1 amide bonds. The van der Waals surface area contributed by atoms with Gasteiger partial charge in [0.1, 0.15) is 73.2 Å². The number of nitrogens with one attached hydrogen (secondary N) is 1. The predicted molar refractivity (Wildman–Crippen MR) is 213 cm³/mol. The van der Waals surface area contributed by atoms with Crippen LogP contribution in [0.5, 0.6) is 0 Å². The lowest BCUT2D eigenvalue weighted by atomic mass is 9.96. The number of carbonyl (C=O) groups is 1. The molecule has 60 heavy (non-hydrogen) atoms. The summed E-state index contributed by atoms with van der Waals surface area (Å²) in [5, 5.41) is 118. The standard InChI is InChI=1S/C41H77NO18/c1-3-5-6-7-8-9-10-11-12-13-14-15-16-17-18-19-25(46)24(42-29(47)4-2)23-55-39-35(53)32(50)37(27(21-44)57-39)60-41-36(54)33(51)38(28(22-45)58-41)59-40-34(52)31(49)30(48)26(20-43)56-40/h24-28,30-41,43-46,48-54H,3-23H2,1-2H3,(H,42,47). The zero-order valence-corrected chi connectivity index (χ0v) is 35.4. The van der Waals surface area contributed by atoms with Gasteiger partial charge >= 0.3 is 0 Å². The predicted octanol–water partition coefficient (Wildman–Crippen LogP) is -1.03. The number of unbranched alkanes of at least 4 members (excludes halogenated alkanes) is 14. The molecule has 0 bridgehead atoms. The van der Waals surface area contributed by atoms with Crippen LogP contribution in [-0.2, 0) is 33.2 Å². The zero-order chi connectivity index (χ0) is 44.2. The Labute approximate surface area is 353 Å². The second-order valence-corrected chi connectivity index (χ2v) is 16.5. The largest absolute Gasteiger partial charge is 0.394 e. The van der Waals surface area contributed by atoms with Crippen LogP contribution in [-0.4, -0.2) is 193 Å². The van der Waals surface area contributed by atoms with Crippen molar-refractivity contribution in [1.29, 1.82) is 0 Å². The van der Waals surface area contributed by atoms with Crippen LogP contribution in [0.2, 0.25) is 0 Å². The van der Waals surface area contributed by atoms with Gasteiger partial charge in [0.15, 0.2) is 18.9 Å². The van der Waals surface area contributed by atoms with E-state index in [-0.39, 0.29) is 18.9 Å². The number of aliphatic hydroxyl groups is 11. The molecule has 0 saturated carbocycles. The van der Waals surface area contributed by atoms with Crippen LogP contribution < -0.4 is 5.32 Å². The molecule has 0 spiro atoms. The molecule has 17 atom stereocenters. The molecule has 0 aliphatic carbocycles. The first-order valence-corrected chi connectivity index (χ1v) is 22.3. The number of amides is 1.